The van der Waals surface area contributed by atoms with Gasteiger partial charge in [0.25, 0.3) is 16.6 Å². The third kappa shape index (κ3) is 10.3. The number of hydrogen-bond donors (Lipinski definition) is 0. The molecule has 12 rings (SSSR count). The van der Waals surface area contributed by atoms with Crippen LogP contribution in [0, 0.1) is 0 Å². The van der Waals surface area contributed by atoms with Crippen molar-refractivity contribution < 1.29 is 16.5 Å². The Morgan fingerprint density at radius 3 is 0.370 bits per heavy atom. The zero-order valence-electron chi connectivity index (χ0n) is 44.8. The van der Waals surface area contributed by atoms with E-state index in [1.165, 1.54) is 0 Å². The van der Waals surface area contributed by atoms with Gasteiger partial charge in [-0.3, -0.25) is 0 Å². The Morgan fingerprint density at radius 1 is 0.123 bits per heavy atom. The van der Waals surface area contributed by atoms with Gasteiger partial charge in [0.2, 0.25) is 0 Å². The molecule has 12 aromatic rings. The molecule has 0 aliphatic rings. The fraction of sp³-hybridized carbons (Fsp3) is 0. The van der Waals surface area contributed by atoms with Crippen LogP contribution in [-0.4, -0.2) is 42.3 Å². The zero-order valence-corrected chi connectivity index (χ0v) is 49.8. The minimum Gasteiger partial charge on any atom is -0.419 e. The predicted octanol–water partition coefficient (Wildman–Crippen LogP) is 8.16. The molecule has 0 radical (unpaired) electrons. The van der Waals surface area contributed by atoms with Gasteiger partial charge in [-0.2, -0.15) is 0 Å². The van der Waals surface area contributed by atoms with Gasteiger partial charge in [0, 0.05) is 0 Å². The van der Waals surface area contributed by atoms with Crippen molar-refractivity contribution in [1.82, 2.24) is 0 Å². The van der Waals surface area contributed by atoms with Crippen LogP contribution in [0.4, 0.5) is 0 Å². The maximum Gasteiger partial charge on any atom is 0.390 e. The molecule has 9 heteroatoms. The maximum atomic E-state index is 9.16. The smallest absolute Gasteiger partial charge is 0.390 e. The molecule has 0 bridgehead atoms. The van der Waals surface area contributed by atoms with Crippen molar-refractivity contribution in [3.8, 4) is 0 Å². The number of benzene rings is 12. The molecule has 0 spiro atoms. The molecule has 4 nitrogen and oxygen atoms in total. The van der Waals surface area contributed by atoms with Crippen molar-refractivity contribution in [3.63, 3.8) is 0 Å². The van der Waals surface area contributed by atoms with E-state index >= 15 is 0 Å². The summed E-state index contributed by atoms with van der Waals surface area (Å²) in [5, 5.41) is 12.1. The molecule has 0 saturated carbocycles. The Kier molecular flexibility index (Phi) is 15.8. The first kappa shape index (κ1) is 53.2. The van der Waals surface area contributed by atoms with E-state index in [2.05, 4.69) is 364 Å². The molecule has 0 atom stereocenters. The fourth-order valence-electron chi connectivity index (χ4n) is 11.4. The lowest BCUT2D eigenvalue weighted by Crippen LogP contribution is -2.85. The summed E-state index contributed by atoms with van der Waals surface area (Å²) >= 11 is 0. The lowest BCUT2D eigenvalue weighted by molar-refractivity contribution is 0.330. The summed E-state index contributed by atoms with van der Waals surface area (Å²) < 4.78 is 36.3. The molecule has 392 valence electrons. The van der Waals surface area contributed by atoms with Crippen LogP contribution < -0.4 is 62.2 Å². The molecule has 0 aliphatic carbocycles. The largest absolute Gasteiger partial charge is 0.419 e. The second-order valence-corrected chi connectivity index (χ2v) is 36.6. The number of rotatable bonds is 20. The van der Waals surface area contributed by atoms with E-state index in [4.69, 9.17) is 16.5 Å². The van der Waals surface area contributed by atoms with E-state index in [1.807, 2.05) is 0 Å². The highest BCUT2D eigenvalue weighted by atomic mass is 28.5. The van der Waals surface area contributed by atoms with E-state index in [1.54, 1.807) is 0 Å². The van der Waals surface area contributed by atoms with Crippen LogP contribution in [0.3, 0.4) is 0 Å². The minimum absolute atomic E-state index is 0.911. The SMILES string of the molecule is c1ccc([Si](O[Si](O[Si](c2ccccc2)(c2ccccc2)c2ccccc2)(c2ccccc2)c2ccccc2)(O[Si](O[Si](c2ccccc2)(c2ccccc2)c2ccccc2)(c2ccccc2)c2ccccc2)c2ccccc2)cc1. The summed E-state index contributed by atoms with van der Waals surface area (Å²) in [6.45, 7) is 0. The van der Waals surface area contributed by atoms with Crippen molar-refractivity contribution in [3.05, 3.63) is 364 Å². The molecule has 12 aromatic carbocycles. The van der Waals surface area contributed by atoms with Gasteiger partial charge < -0.3 is 16.5 Å². The maximum absolute atomic E-state index is 9.16. The Labute approximate surface area is 481 Å². The van der Waals surface area contributed by atoms with Crippen LogP contribution in [0.2, 0.25) is 0 Å². The molecule has 0 saturated heterocycles. The minimum atomic E-state index is -4.44. The Balaban J connectivity index is 1.25. The van der Waals surface area contributed by atoms with Crippen LogP contribution in [0.5, 0.6) is 0 Å². The number of hydrogen-bond acceptors (Lipinski definition) is 4. The average Bonchev–Trinajstić information content (AvgIpc) is 3.76. The van der Waals surface area contributed by atoms with E-state index < -0.39 is 42.3 Å². The first-order valence-corrected chi connectivity index (χ1v) is 36.8. The first-order valence-electron chi connectivity index (χ1n) is 27.6. The van der Waals surface area contributed by atoms with Gasteiger partial charge in [-0.15, -0.1) is 0 Å². The zero-order chi connectivity index (χ0) is 54.7. The van der Waals surface area contributed by atoms with E-state index in [9.17, 15) is 0 Å². The summed E-state index contributed by atoms with van der Waals surface area (Å²) in [6.07, 6.45) is 0. The highest BCUT2D eigenvalue weighted by Crippen LogP contribution is 2.29. The van der Waals surface area contributed by atoms with Gasteiger partial charge in [-0.25, -0.2) is 0 Å². The lowest BCUT2D eigenvalue weighted by Gasteiger charge is -2.50. The molecule has 0 N–H and O–H groups in total. The highest BCUT2D eigenvalue weighted by molar-refractivity contribution is 7.18. The van der Waals surface area contributed by atoms with Crippen molar-refractivity contribution >= 4 is 105 Å². The fourth-order valence-corrected chi connectivity index (χ4v) is 39.0. The van der Waals surface area contributed by atoms with Crippen LogP contribution >= 0.6 is 0 Å². The summed E-state index contributed by atoms with van der Waals surface area (Å²) in [5.74, 6) is 0. The molecule has 0 aliphatic heterocycles. The third-order valence-electron chi connectivity index (χ3n) is 15.2. The summed E-state index contributed by atoms with van der Waals surface area (Å²) in [7, 11) is -20.4. The second-order valence-electron chi connectivity index (χ2n) is 20.0. The van der Waals surface area contributed by atoms with Crippen molar-refractivity contribution in [1.29, 1.82) is 0 Å². The monoisotopic (exact) mass is 1130 g/mol. The Morgan fingerprint density at radius 2 is 0.235 bits per heavy atom. The molecular formula is C72H60O4Si5. The molecule has 0 unspecified atom stereocenters. The van der Waals surface area contributed by atoms with Gasteiger partial charge in [-0.1, -0.05) is 364 Å². The predicted molar refractivity (Wildman–Crippen MR) is 346 cm³/mol. The van der Waals surface area contributed by atoms with Gasteiger partial charge in [0.1, 0.15) is 0 Å². The van der Waals surface area contributed by atoms with Gasteiger partial charge >= 0.3 is 25.7 Å². The standard InChI is InChI=1S/C72H60O4Si5/c1-13-37-61(38-14-1)77(62-39-15-2-16-40-62,63-41-17-3-18-42-63)73-79(67-49-25-7-26-50-67,68-51-27-8-28-52-68)75-81(71-57-33-11-34-58-71,72-59-35-12-36-60-72)76-80(69-53-29-9-30-54-69,70-55-31-10-32-56-70)74-78(64-43-19-4-20-44-64,65-45-21-5-22-46-65)66-47-23-6-24-48-66/h1-60H. The van der Waals surface area contributed by atoms with Crippen LogP contribution in [-0.2, 0) is 16.5 Å². The molecule has 81 heavy (non-hydrogen) atoms. The van der Waals surface area contributed by atoms with Gasteiger partial charge in [0.05, 0.1) is 0 Å². The van der Waals surface area contributed by atoms with Gasteiger partial charge in [-0.05, 0) is 62.2 Å². The average molecular weight is 1130 g/mol. The normalized spacial score (nSPS) is 12.1. The van der Waals surface area contributed by atoms with Crippen LogP contribution in [0.1, 0.15) is 0 Å². The topological polar surface area (TPSA) is 36.9 Å². The molecule has 0 aromatic heterocycles. The quantitative estimate of drug-likeness (QED) is 0.0571. The summed E-state index contributed by atoms with van der Waals surface area (Å²) in [5.41, 5.74) is 0. The van der Waals surface area contributed by atoms with Crippen LogP contribution in [0.15, 0.2) is 364 Å². The summed E-state index contributed by atoms with van der Waals surface area (Å²) in [4.78, 5) is 0. The van der Waals surface area contributed by atoms with Crippen molar-refractivity contribution in [2.24, 2.45) is 0 Å². The highest BCUT2D eigenvalue weighted by Gasteiger charge is 2.64. The van der Waals surface area contributed by atoms with Crippen LogP contribution in [0.25, 0.3) is 0 Å². The summed E-state index contributed by atoms with van der Waals surface area (Å²) in [6, 6.07) is 129. The molecule has 0 heterocycles. The lowest BCUT2D eigenvalue weighted by atomic mass is 10.3. The Bertz CT molecular complexity index is 3320. The molecule has 0 fully saturated rings. The van der Waals surface area contributed by atoms with E-state index in [-0.39, 0.29) is 0 Å². The molecular weight excluding hydrogens is 1070 g/mol. The first-order chi connectivity index (χ1) is 40.1. The second kappa shape index (κ2) is 24.1. The van der Waals surface area contributed by atoms with E-state index in [0.29, 0.717) is 0 Å². The van der Waals surface area contributed by atoms with Crippen molar-refractivity contribution in [2.45, 2.75) is 0 Å². The van der Waals surface area contributed by atoms with E-state index in [0.717, 1.165) is 62.2 Å². The molecule has 0 amide bonds. The Hall–Kier alpha value is -8.44. The third-order valence-corrected chi connectivity index (χ3v) is 38.0. The van der Waals surface area contributed by atoms with Crippen molar-refractivity contribution in [2.75, 3.05) is 0 Å². The van der Waals surface area contributed by atoms with Gasteiger partial charge in [0.15, 0.2) is 0 Å².